The molecule has 0 bridgehead atoms. The molecule has 6 heteroatoms. The first-order valence-electron chi connectivity index (χ1n) is 10.3. The van der Waals surface area contributed by atoms with Crippen LogP contribution in [0.1, 0.15) is 59.9 Å². The van der Waals surface area contributed by atoms with E-state index in [1.165, 1.54) is 0 Å². The van der Waals surface area contributed by atoms with E-state index < -0.39 is 11.9 Å². The second kappa shape index (κ2) is 12.3. The number of ether oxygens (including phenoxy) is 3. The third-order valence-corrected chi connectivity index (χ3v) is 4.08. The molecular formula is C24H36N2O4. The summed E-state index contributed by atoms with van der Waals surface area (Å²) in [5.74, 6) is -0.555. The molecule has 1 N–H and O–H groups in total. The van der Waals surface area contributed by atoms with Crippen LogP contribution in [0.15, 0.2) is 52.8 Å². The number of benzene rings is 1. The van der Waals surface area contributed by atoms with Crippen LogP contribution in [0.2, 0.25) is 0 Å². The zero-order valence-electron chi connectivity index (χ0n) is 19.3. The van der Waals surface area contributed by atoms with Gasteiger partial charge in [0.05, 0.1) is 11.6 Å². The molecule has 0 heterocycles. The predicted octanol–water partition coefficient (Wildman–Crippen LogP) is 5.43. The number of esters is 1. The van der Waals surface area contributed by atoms with Crippen molar-refractivity contribution < 1.29 is 19.0 Å². The highest BCUT2D eigenvalue weighted by Crippen LogP contribution is 2.22. The summed E-state index contributed by atoms with van der Waals surface area (Å²) in [5, 5.41) is 3.31. The van der Waals surface area contributed by atoms with Crippen LogP contribution in [0.5, 0.6) is 0 Å². The molecule has 0 amide bonds. The molecule has 0 aromatic heterocycles. The summed E-state index contributed by atoms with van der Waals surface area (Å²) in [4.78, 5) is 16.3. The molecule has 0 fully saturated rings. The van der Waals surface area contributed by atoms with Crippen molar-refractivity contribution in [1.82, 2.24) is 0 Å². The fourth-order valence-electron chi connectivity index (χ4n) is 2.59. The molecule has 166 valence electrons. The summed E-state index contributed by atoms with van der Waals surface area (Å²) in [7, 11) is 0. The number of aliphatic imine (C=N–C) groups is 1. The molecule has 1 aromatic carbocycles. The quantitative estimate of drug-likeness (QED) is 0.225. The maximum atomic E-state index is 12.3. The molecule has 0 spiro atoms. The lowest BCUT2D eigenvalue weighted by Gasteiger charge is -2.22. The van der Waals surface area contributed by atoms with E-state index in [2.05, 4.69) is 17.0 Å². The highest BCUT2D eigenvalue weighted by Gasteiger charge is 2.22. The molecule has 6 nitrogen and oxygen atoms in total. The minimum Gasteiger partial charge on any atom is -0.460 e. The van der Waals surface area contributed by atoms with Crippen LogP contribution >= 0.6 is 0 Å². The van der Waals surface area contributed by atoms with Crippen LogP contribution < -0.4 is 5.32 Å². The van der Waals surface area contributed by atoms with Gasteiger partial charge in [0.2, 0.25) is 6.29 Å². The van der Waals surface area contributed by atoms with Crippen molar-refractivity contribution in [3.63, 3.8) is 0 Å². The Balaban J connectivity index is 2.82. The van der Waals surface area contributed by atoms with Gasteiger partial charge >= 0.3 is 5.97 Å². The van der Waals surface area contributed by atoms with Gasteiger partial charge in [0.15, 0.2) is 0 Å². The zero-order chi connectivity index (χ0) is 22.7. The van der Waals surface area contributed by atoms with E-state index in [-0.39, 0.29) is 11.9 Å². The highest BCUT2D eigenvalue weighted by atomic mass is 16.7. The zero-order valence-corrected chi connectivity index (χ0v) is 19.3. The van der Waals surface area contributed by atoms with Crippen LogP contribution in [0.4, 0.5) is 5.69 Å². The number of hydrogen-bond donors (Lipinski definition) is 1. The SMILES string of the molecule is C=N/C(=C\C=C(/C)Nc1ccc(C(C)C(=O)OC(C)(C)C)cc1)C(OCC)OCC. The molecule has 0 aliphatic carbocycles. The maximum Gasteiger partial charge on any atom is 0.313 e. The van der Waals surface area contributed by atoms with Crippen molar-refractivity contribution in [1.29, 1.82) is 0 Å². The lowest BCUT2D eigenvalue weighted by Crippen LogP contribution is -2.26. The molecule has 1 atom stereocenters. The third-order valence-electron chi connectivity index (χ3n) is 4.08. The Morgan fingerprint density at radius 3 is 2.17 bits per heavy atom. The van der Waals surface area contributed by atoms with Crippen molar-refractivity contribution in [2.24, 2.45) is 4.99 Å². The minimum absolute atomic E-state index is 0.230. The minimum atomic E-state index is -0.532. The number of nitrogens with zero attached hydrogens (tertiary/aromatic N) is 1. The monoisotopic (exact) mass is 416 g/mol. The number of allylic oxidation sites excluding steroid dienone is 3. The summed E-state index contributed by atoms with van der Waals surface area (Å²) in [6, 6.07) is 7.73. The fourth-order valence-corrected chi connectivity index (χ4v) is 2.59. The Bertz CT molecular complexity index is 739. The molecule has 1 rings (SSSR count). The summed E-state index contributed by atoms with van der Waals surface area (Å²) in [5.41, 5.74) is 2.85. The Kier molecular flexibility index (Phi) is 10.5. The van der Waals surface area contributed by atoms with Gasteiger partial charge in [-0.25, -0.2) is 0 Å². The molecule has 0 saturated carbocycles. The normalized spacial score (nSPS) is 13.9. The number of anilines is 1. The van der Waals surface area contributed by atoms with Gasteiger partial charge in [0.25, 0.3) is 0 Å². The predicted molar refractivity (Wildman–Crippen MR) is 123 cm³/mol. The topological polar surface area (TPSA) is 69.2 Å². The van der Waals surface area contributed by atoms with Gasteiger partial charge in [-0.05, 0) is 85.0 Å². The standard InChI is InChI=1S/C24H36N2O4/c1-9-28-23(29-10-2)21(25-8)16-11-17(3)26-20-14-12-19(13-15-20)18(4)22(27)30-24(5,6)7/h11-16,18,23,26H,8-10H2,1-7H3/b17-11+,21-16-. The third kappa shape index (κ3) is 8.93. The molecule has 1 unspecified atom stereocenters. The summed E-state index contributed by atoms with van der Waals surface area (Å²) in [6.07, 6.45) is 3.19. The van der Waals surface area contributed by atoms with E-state index in [0.29, 0.717) is 18.9 Å². The Hall–Kier alpha value is -2.44. The molecule has 0 saturated heterocycles. The van der Waals surface area contributed by atoms with Crippen molar-refractivity contribution in [3.8, 4) is 0 Å². The van der Waals surface area contributed by atoms with E-state index >= 15 is 0 Å². The maximum absolute atomic E-state index is 12.3. The van der Waals surface area contributed by atoms with E-state index in [1.807, 2.05) is 84.9 Å². The van der Waals surface area contributed by atoms with Crippen LogP contribution in [0.3, 0.4) is 0 Å². The average Bonchev–Trinajstić information content (AvgIpc) is 2.67. The molecule has 0 aliphatic heterocycles. The first kappa shape index (κ1) is 25.6. The summed E-state index contributed by atoms with van der Waals surface area (Å²) in [6.45, 7) is 17.9. The lowest BCUT2D eigenvalue weighted by molar-refractivity contribution is -0.156. The number of carbonyl (C=O) groups is 1. The van der Waals surface area contributed by atoms with Gasteiger partial charge in [0.1, 0.15) is 5.60 Å². The van der Waals surface area contributed by atoms with Gasteiger partial charge in [-0.1, -0.05) is 12.1 Å². The first-order chi connectivity index (χ1) is 14.1. The van der Waals surface area contributed by atoms with Crippen LogP contribution in [0.25, 0.3) is 0 Å². The summed E-state index contributed by atoms with van der Waals surface area (Å²) >= 11 is 0. The Morgan fingerprint density at radius 2 is 1.70 bits per heavy atom. The number of hydrogen-bond acceptors (Lipinski definition) is 6. The molecule has 0 aliphatic rings. The first-order valence-corrected chi connectivity index (χ1v) is 10.3. The molecule has 30 heavy (non-hydrogen) atoms. The van der Waals surface area contributed by atoms with Gasteiger partial charge in [-0.2, -0.15) is 0 Å². The van der Waals surface area contributed by atoms with E-state index in [9.17, 15) is 4.79 Å². The van der Waals surface area contributed by atoms with E-state index in [4.69, 9.17) is 14.2 Å². The second-order valence-corrected chi connectivity index (χ2v) is 7.84. The van der Waals surface area contributed by atoms with E-state index in [1.54, 1.807) is 0 Å². The number of rotatable bonds is 11. The lowest BCUT2D eigenvalue weighted by atomic mass is 10.0. The number of carbonyl (C=O) groups excluding carboxylic acids is 1. The average molecular weight is 417 g/mol. The van der Waals surface area contributed by atoms with Crippen molar-refractivity contribution >= 4 is 18.4 Å². The molecule has 1 aromatic rings. The van der Waals surface area contributed by atoms with Gasteiger partial charge in [0, 0.05) is 24.6 Å². The van der Waals surface area contributed by atoms with Crippen LogP contribution in [0, 0.1) is 0 Å². The molecular weight excluding hydrogens is 380 g/mol. The van der Waals surface area contributed by atoms with Crippen molar-refractivity contribution in [2.45, 2.75) is 66.3 Å². The smallest absolute Gasteiger partial charge is 0.313 e. The summed E-state index contributed by atoms with van der Waals surface area (Å²) < 4.78 is 16.6. The Labute approximate surface area is 181 Å². The fraction of sp³-hybridized carbons (Fsp3) is 0.500. The van der Waals surface area contributed by atoms with Gasteiger partial charge < -0.3 is 19.5 Å². The van der Waals surface area contributed by atoms with Crippen molar-refractivity contribution in [2.75, 3.05) is 18.5 Å². The molecule has 0 radical (unpaired) electrons. The van der Waals surface area contributed by atoms with E-state index in [0.717, 1.165) is 16.9 Å². The highest BCUT2D eigenvalue weighted by molar-refractivity contribution is 5.78. The van der Waals surface area contributed by atoms with Gasteiger partial charge in [-0.3, -0.25) is 9.79 Å². The van der Waals surface area contributed by atoms with Crippen LogP contribution in [-0.2, 0) is 19.0 Å². The Morgan fingerprint density at radius 1 is 1.13 bits per heavy atom. The van der Waals surface area contributed by atoms with Crippen molar-refractivity contribution in [3.05, 3.63) is 53.4 Å². The second-order valence-electron chi connectivity index (χ2n) is 7.84. The van der Waals surface area contributed by atoms with Gasteiger partial charge in [-0.15, -0.1) is 0 Å². The van der Waals surface area contributed by atoms with Crippen LogP contribution in [-0.4, -0.2) is 37.8 Å². The number of nitrogens with one attached hydrogen (secondary N) is 1. The largest absolute Gasteiger partial charge is 0.460 e.